The number of fused-ring (bicyclic) bond motifs is 2. The van der Waals surface area contributed by atoms with Gasteiger partial charge in [-0.2, -0.15) is 0 Å². The lowest BCUT2D eigenvalue weighted by molar-refractivity contribution is 0.0265. The molecule has 0 atom stereocenters. The molecule has 1 aliphatic carbocycles. The van der Waals surface area contributed by atoms with Gasteiger partial charge in [0.05, 0.1) is 7.11 Å². The molecule has 2 fully saturated rings. The maximum atomic E-state index is 5.50. The first-order valence-corrected chi connectivity index (χ1v) is 8.82. The van der Waals surface area contributed by atoms with Crippen molar-refractivity contribution < 1.29 is 4.74 Å². The van der Waals surface area contributed by atoms with Crippen LogP contribution in [-0.4, -0.2) is 50.1 Å². The highest BCUT2D eigenvalue weighted by molar-refractivity contribution is 5.42. The molecule has 0 N–H and O–H groups in total. The van der Waals surface area contributed by atoms with Crippen molar-refractivity contribution in [1.29, 1.82) is 0 Å². The highest BCUT2D eigenvalue weighted by Crippen LogP contribution is 2.44. The Morgan fingerprint density at radius 2 is 1.95 bits per heavy atom. The van der Waals surface area contributed by atoms with Gasteiger partial charge in [0.2, 0.25) is 0 Å². The van der Waals surface area contributed by atoms with E-state index in [9.17, 15) is 0 Å². The fourth-order valence-electron chi connectivity index (χ4n) is 4.46. The number of hydrogen-bond acceptors (Lipinski definition) is 3. The molecule has 4 rings (SSSR count). The van der Waals surface area contributed by atoms with Crippen molar-refractivity contribution in [2.24, 2.45) is 5.92 Å². The van der Waals surface area contributed by atoms with Crippen LogP contribution in [0.15, 0.2) is 18.2 Å². The minimum Gasteiger partial charge on any atom is -0.497 e. The van der Waals surface area contributed by atoms with Crippen LogP contribution in [-0.2, 0) is 12.0 Å². The summed E-state index contributed by atoms with van der Waals surface area (Å²) in [5, 5.41) is 0. The maximum absolute atomic E-state index is 5.50. The molecule has 0 aromatic heterocycles. The Bertz CT molecular complexity index is 544. The van der Waals surface area contributed by atoms with Gasteiger partial charge in [-0.3, -0.25) is 4.90 Å². The predicted molar refractivity (Wildman–Crippen MR) is 89.4 cm³/mol. The van der Waals surface area contributed by atoms with Crippen LogP contribution >= 0.6 is 0 Å². The topological polar surface area (TPSA) is 15.7 Å². The third kappa shape index (κ3) is 2.44. The van der Waals surface area contributed by atoms with Gasteiger partial charge in [0.1, 0.15) is 5.75 Å². The van der Waals surface area contributed by atoms with Gasteiger partial charge in [0.25, 0.3) is 0 Å². The first kappa shape index (κ1) is 14.5. The van der Waals surface area contributed by atoms with Crippen molar-refractivity contribution in [2.45, 2.75) is 37.6 Å². The summed E-state index contributed by atoms with van der Waals surface area (Å²) in [5.41, 5.74) is 3.31. The molecule has 22 heavy (non-hydrogen) atoms. The van der Waals surface area contributed by atoms with Gasteiger partial charge in [-0.05, 0) is 68.3 Å². The van der Waals surface area contributed by atoms with E-state index in [-0.39, 0.29) is 5.54 Å². The van der Waals surface area contributed by atoms with Crippen molar-refractivity contribution >= 4 is 0 Å². The van der Waals surface area contributed by atoms with Crippen LogP contribution in [0, 0.1) is 5.92 Å². The first-order valence-electron chi connectivity index (χ1n) is 8.82. The fraction of sp³-hybridized carbons (Fsp3) is 0.684. The molecule has 1 aromatic carbocycles. The minimum absolute atomic E-state index is 0.238. The highest BCUT2D eigenvalue weighted by Gasteiger charge is 2.43. The normalized spacial score (nSPS) is 25.2. The Hall–Kier alpha value is -1.06. The molecule has 1 saturated heterocycles. The van der Waals surface area contributed by atoms with Crippen molar-refractivity contribution in [3.05, 3.63) is 29.3 Å². The van der Waals surface area contributed by atoms with Crippen molar-refractivity contribution in [3.63, 3.8) is 0 Å². The predicted octanol–water partition coefficient (Wildman–Crippen LogP) is 2.88. The van der Waals surface area contributed by atoms with Crippen LogP contribution in [0.2, 0.25) is 0 Å². The van der Waals surface area contributed by atoms with Gasteiger partial charge in [0.15, 0.2) is 0 Å². The lowest BCUT2D eigenvalue weighted by Gasteiger charge is -2.51. The Morgan fingerprint density at radius 3 is 2.64 bits per heavy atom. The van der Waals surface area contributed by atoms with Crippen LogP contribution in [0.25, 0.3) is 0 Å². The second-order valence-electron chi connectivity index (χ2n) is 7.47. The van der Waals surface area contributed by atoms with E-state index in [2.05, 4.69) is 35.0 Å². The number of benzene rings is 1. The largest absolute Gasteiger partial charge is 0.497 e. The van der Waals surface area contributed by atoms with Gasteiger partial charge in [-0.25, -0.2) is 0 Å². The van der Waals surface area contributed by atoms with Crippen LogP contribution in [0.4, 0.5) is 0 Å². The Labute approximate surface area is 134 Å². The van der Waals surface area contributed by atoms with E-state index in [1.807, 2.05) is 0 Å². The molecule has 120 valence electrons. The molecule has 2 aliphatic heterocycles. The smallest absolute Gasteiger partial charge is 0.119 e. The number of methoxy groups -OCH3 is 1. The highest BCUT2D eigenvalue weighted by atomic mass is 16.5. The zero-order valence-electron chi connectivity index (χ0n) is 14.0. The van der Waals surface area contributed by atoms with Gasteiger partial charge in [-0.1, -0.05) is 6.07 Å². The second-order valence-corrected chi connectivity index (χ2v) is 7.47. The number of hydrogen-bond donors (Lipinski definition) is 0. The number of ether oxygens (including phenoxy) is 1. The SMILES string of the molecule is COc1ccc2c(c1)C1(CCN(CC3CC3)CC1)N(C)CC2. The van der Waals surface area contributed by atoms with Crippen molar-refractivity contribution in [2.75, 3.05) is 40.3 Å². The molecule has 0 amide bonds. The summed E-state index contributed by atoms with van der Waals surface area (Å²) in [7, 11) is 4.10. The van der Waals surface area contributed by atoms with Crippen molar-refractivity contribution in [1.82, 2.24) is 9.80 Å². The lowest BCUT2D eigenvalue weighted by atomic mass is 9.74. The summed E-state index contributed by atoms with van der Waals surface area (Å²) in [6.45, 7) is 5.02. The molecule has 3 aliphatic rings. The minimum atomic E-state index is 0.238. The van der Waals surface area contributed by atoms with Crippen molar-refractivity contribution in [3.8, 4) is 5.75 Å². The molecule has 0 unspecified atom stereocenters. The summed E-state index contributed by atoms with van der Waals surface area (Å²) in [5.74, 6) is 2.01. The molecule has 1 saturated carbocycles. The molecular weight excluding hydrogens is 272 g/mol. The Balaban J connectivity index is 1.60. The molecule has 3 nitrogen and oxygen atoms in total. The average molecular weight is 300 g/mol. The van der Waals surface area contributed by atoms with Crippen LogP contribution in [0.3, 0.4) is 0 Å². The molecule has 1 spiro atoms. The lowest BCUT2D eigenvalue weighted by Crippen LogP contribution is -2.54. The standard InChI is InChI=1S/C19H28N2O/c1-20-10-7-16-5-6-17(22-2)13-18(16)19(20)8-11-21(12-9-19)14-15-3-4-15/h5-6,13,15H,3-4,7-12,14H2,1-2H3. The molecule has 1 aromatic rings. The van der Waals surface area contributed by atoms with Gasteiger partial charge >= 0.3 is 0 Å². The molecule has 3 heteroatoms. The molecule has 0 radical (unpaired) electrons. The maximum Gasteiger partial charge on any atom is 0.119 e. The number of rotatable bonds is 3. The first-order chi connectivity index (χ1) is 10.7. The fourth-order valence-corrected chi connectivity index (χ4v) is 4.46. The monoisotopic (exact) mass is 300 g/mol. The zero-order chi connectivity index (χ0) is 15.2. The van der Waals surface area contributed by atoms with E-state index >= 15 is 0 Å². The second kappa shape index (κ2) is 5.54. The molecule has 0 bridgehead atoms. The summed E-state index contributed by atoms with van der Waals surface area (Å²) in [6, 6.07) is 6.72. The van der Waals surface area contributed by atoms with E-state index in [1.165, 1.54) is 69.4 Å². The van der Waals surface area contributed by atoms with Gasteiger partial charge in [0, 0.05) is 31.7 Å². The van der Waals surface area contributed by atoms with Gasteiger partial charge < -0.3 is 9.64 Å². The van der Waals surface area contributed by atoms with Crippen LogP contribution in [0.1, 0.15) is 36.8 Å². The average Bonchev–Trinajstić information content (AvgIpc) is 3.37. The summed E-state index contributed by atoms with van der Waals surface area (Å²) < 4.78 is 5.50. The quantitative estimate of drug-likeness (QED) is 0.854. The van der Waals surface area contributed by atoms with E-state index < -0.39 is 0 Å². The Kier molecular flexibility index (Phi) is 3.66. The zero-order valence-corrected chi connectivity index (χ0v) is 14.0. The number of likely N-dealkylation sites (N-methyl/N-ethyl adjacent to an activating group) is 1. The summed E-state index contributed by atoms with van der Waals surface area (Å²) >= 11 is 0. The van der Waals surface area contributed by atoms with Crippen LogP contribution < -0.4 is 4.74 Å². The van der Waals surface area contributed by atoms with Gasteiger partial charge in [-0.15, -0.1) is 0 Å². The third-order valence-electron chi connectivity index (χ3n) is 6.16. The van der Waals surface area contributed by atoms with E-state index in [4.69, 9.17) is 4.74 Å². The third-order valence-corrected chi connectivity index (χ3v) is 6.16. The van der Waals surface area contributed by atoms with Crippen LogP contribution in [0.5, 0.6) is 5.75 Å². The molecular formula is C19H28N2O. The summed E-state index contributed by atoms with van der Waals surface area (Å²) in [6.07, 6.45) is 6.61. The van der Waals surface area contributed by atoms with E-state index in [0.29, 0.717) is 0 Å². The molecule has 2 heterocycles. The van der Waals surface area contributed by atoms with E-state index in [1.54, 1.807) is 7.11 Å². The summed E-state index contributed by atoms with van der Waals surface area (Å²) in [4.78, 5) is 5.31. The number of likely N-dealkylation sites (tertiary alicyclic amines) is 1. The van der Waals surface area contributed by atoms with E-state index in [0.717, 1.165) is 11.7 Å². The number of nitrogens with zero attached hydrogens (tertiary/aromatic N) is 2. The number of piperidine rings is 1. The Morgan fingerprint density at radius 1 is 1.18 bits per heavy atom.